The van der Waals surface area contributed by atoms with Crippen molar-refractivity contribution in [3.05, 3.63) is 13.3 Å². The molecule has 0 aliphatic rings. The molecule has 0 aliphatic carbocycles. The number of esters is 1. The average molecular weight is 319 g/mol. The standard InChI is InChI=1S/C15H28O5P/c1-2-3-4-5-6-7-8-9-10-12-15(16)19-13-11-14-20-21(17)18/h11H,1-10,12-14H2,(H,17,18)/q-1. The molecule has 0 aliphatic heterocycles. The first-order valence-corrected chi connectivity index (χ1v) is 8.85. The van der Waals surface area contributed by atoms with E-state index in [9.17, 15) is 9.36 Å². The van der Waals surface area contributed by atoms with Crippen molar-refractivity contribution < 1.29 is 23.5 Å². The van der Waals surface area contributed by atoms with Crippen LogP contribution < -0.4 is 0 Å². The normalized spacial score (nSPS) is 11.4. The van der Waals surface area contributed by atoms with Crippen molar-refractivity contribution in [2.45, 2.75) is 64.2 Å². The fourth-order valence-corrected chi connectivity index (χ4v) is 2.13. The zero-order chi connectivity index (χ0) is 15.8. The van der Waals surface area contributed by atoms with E-state index in [1.165, 1.54) is 44.9 Å². The van der Waals surface area contributed by atoms with Crippen molar-refractivity contribution in [2.24, 2.45) is 0 Å². The van der Waals surface area contributed by atoms with Gasteiger partial charge >= 0.3 is 14.2 Å². The summed E-state index contributed by atoms with van der Waals surface area (Å²) in [5.41, 5.74) is 0. The molecular formula is C15H28O5P-. The first-order valence-electron chi connectivity index (χ1n) is 7.72. The number of rotatable bonds is 15. The molecule has 0 heterocycles. The van der Waals surface area contributed by atoms with Gasteiger partial charge in [0.15, 0.2) is 0 Å². The Balaban J connectivity index is 3.17. The quantitative estimate of drug-likeness (QED) is 0.213. The van der Waals surface area contributed by atoms with Crippen LogP contribution in [0.25, 0.3) is 0 Å². The van der Waals surface area contributed by atoms with Crippen molar-refractivity contribution in [3.63, 3.8) is 0 Å². The predicted molar refractivity (Wildman–Crippen MR) is 82.6 cm³/mol. The van der Waals surface area contributed by atoms with Gasteiger partial charge in [-0.3, -0.25) is 11.2 Å². The highest BCUT2D eigenvalue weighted by atomic mass is 31.1. The Hall–Kier alpha value is -0.510. The van der Waals surface area contributed by atoms with Crippen LogP contribution in [0.4, 0.5) is 0 Å². The Bertz CT molecular complexity index is 271. The average Bonchev–Trinajstić information content (AvgIpc) is 2.45. The molecule has 0 saturated carbocycles. The number of carbonyl (C=O) groups excluding carboxylic acids is 1. The third kappa shape index (κ3) is 17.4. The van der Waals surface area contributed by atoms with Gasteiger partial charge in [-0.15, -0.1) is 4.89 Å². The van der Waals surface area contributed by atoms with Crippen LogP contribution >= 0.6 is 8.25 Å². The highest BCUT2D eigenvalue weighted by Gasteiger charge is 2.06. The van der Waals surface area contributed by atoms with E-state index < -0.39 is 8.25 Å². The summed E-state index contributed by atoms with van der Waals surface area (Å²) in [6.07, 6.45) is 12.4. The maximum absolute atomic E-state index is 11.4. The van der Waals surface area contributed by atoms with Crippen molar-refractivity contribution in [3.8, 4) is 0 Å². The summed E-state index contributed by atoms with van der Waals surface area (Å²) in [7, 11) is -2.58. The highest BCUT2D eigenvalue weighted by molar-refractivity contribution is 7.32. The summed E-state index contributed by atoms with van der Waals surface area (Å²) in [6, 6.07) is 0. The van der Waals surface area contributed by atoms with Crippen LogP contribution in [0.5, 0.6) is 0 Å². The lowest BCUT2D eigenvalue weighted by atomic mass is 10.1. The third-order valence-electron chi connectivity index (χ3n) is 3.05. The molecule has 1 N–H and O–H groups in total. The van der Waals surface area contributed by atoms with Crippen LogP contribution in [0, 0.1) is 13.3 Å². The van der Waals surface area contributed by atoms with E-state index in [0.29, 0.717) is 6.42 Å². The van der Waals surface area contributed by atoms with E-state index in [1.807, 2.05) is 0 Å². The molecule has 6 heteroatoms. The van der Waals surface area contributed by atoms with Crippen LogP contribution in [0.15, 0.2) is 0 Å². The van der Waals surface area contributed by atoms with Crippen molar-refractivity contribution in [2.75, 3.05) is 13.2 Å². The van der Waals surface area contributed by atoms with Gasteiger partial charge in [-0.2, -0.15) is 10.9 Å². The highest BCUT2D eigenvalue weighted by Crippen LogP contribution is 2.14. The van der Waals surface area contributed by atoms with Crippen LogP contribution in [-0.4, -0.2) is 24.1 Å². The number of hydrogen-bond donors (Lipinski definition) is 1. The Kier molecular flexibility index (Phi) is 15.5. The molecule has 0 rings (SSSR count). The van der Waals surface area contributed by atoms with Gasteiger partial charge in [0.25, 0.3) is 0 Å². The maximum Gasteiger partial charge on any atom is 0.692 e. The molecule has 1 atom stereocenters. The smallest absolute Gasteiger partial charge is 0.499 e. The van der Waals surface area contributed by atoms with Crippen molar-refractivity contribution in [1.29, 1.82) is 0 Å². The molecule has 0 saturated heterocycles. The zero-order valence-electron chi connectivity index (χ0n) is 12.8. The summed E-state index contributed by atoms with van der Waals surface area (Å²) in [4.78, 5) is 19.7. The number of ether oxygens (including phenoxy) is 1. The topological polar surface area (TPSA) is 72.8 Å². The molecule has 0 aromatic heterocycles. The Morgan fingerprint density at radius 3 is 2.14 bits per heavy atom. The number of unbranched alkanes of at least 4 members (excludes halogenated alkanes) is 8. The fourth-order valence-electron chi connectivity index (χ4n) is 1.90. The van der Waals surface area contributed by atoms with Crippen LogP contribution in [0.1, 0.15) is 64.2 Å². The minimum atomic E-state index is -2.58. The minimum Gasteiger partial charge on any atom is -0.499 e. The minimum absolute atomic E-state index is 0.00702. The molecule has 0 bridgehead atoms. The van der Waals surface area contributed by atoms with E-state index in [1.54, 1.807) is 0 Å². The first-order chi connectivity index (χ1) is 10.2. The second kappa shape index (κ2) is 15.9. The fraction of sp³-hybridized carbons (Fsp3) is 0.800. The molecule has 0 fully saturated rings. The molecule has 5 nitrogen and oxygen atoms in total. The molecular weight excluding hydrogens is 291 g/mol. The van der Waals surface area contributed by atoms with Gasteiger partial charge in [0.2, 0.25) is 0 Å². The zero-order valence-corrected chi connectivity index (χ0v) is 13.7. The predicted octanol–water partition coefficient (Wildman–Crippen LogP) is 4.14. The lowest BCUT2D eigenvalue weighted by Gasteiger charge is -2.09. The molecule has 124 valence electrons. The Morgan fingerprint density at radius 2 is 1.57 bits per heavy atom. The third-order valence-corrected chi connectivity index (χ3v) is 3.42. The van der Waals surface area contributed by atoms with Crippen molar-refractivity contribution >= 4 is 14.2 Å². The van der Waals surface area contributed by atoms with E-state index >= 15 is 0 Å². The lowest BCUT2D eigenvalue weighted by molar-refractivity contribution is -0.143. The number of carbonyl (C=O) groups is 1. The molecule has 1 unspecified atom stereocenters. The van der Waals surface area contributed by atoms with Gasteiger partial charge in [0.05, 0.1) is 0 Å². The molecule has 0 radical (unpaired) electrons. The number of hydrogen-bond acceptors (Lipinski definition) is 4. The monoisotopic (exact) mass is 319 g/mol. The Labute approximate surface area is 129 Å². The van der Waals surface area contributed by atoms with Gasteiger partial charge in [-0.1, -0.05) is 44.9 Å². The van der Waals surface area contributed by atoms with Gasteiger partial charge in [0, 0.05) is 11.0 Å². The van der Waals surface area contributed by atoms with E-state index in [0.717, 1.165) is 19.3 Å². The molecule has 0 aromatic rings. The van der Waals surface area contributed by atoms with Gasteiger partial charge in [-0.25, -0.2) is 0 Å². The summed E-state index contributed by atoms with van der Waals surface area (Å²) >= 11 is 0. The molecule has 0 spiro atoms. The van der Waals surface area contributed by atoms with Crippen molar-refractivity contribution in [1.82, 2.24) is 0 Å². The Morgan fingerprint density at radius 1 is 1.00 bits per heavy atom. The van der Waals surface area contributed by atoms with Crippen LogP contribution in [0.3, 0.4) is 0 Å². The molecule has 21 heavy (non-hydrogen) atoms. The van der Waals surface area contributed by atoms with E-state index in [4.69, 9.17) is 9.63 Å². The summed E-state index contributed by atoms with van der Waals surface area (Å²) in [5, 5.41) is 0. The summed E-state index contributed by atoms with van der Waals surface area (Å²) < 4.78 is 19.5. The SMILES string of the molecule is [CH2-]CCCCCCCCCCC(=O)OC[CH-]CO[P+](=O)O. The van der Waals surface area contributed by atoms with Crippen LogP contribution in [0.2, 0.25) is 0 Å². The summed E-state index contributed by atoms with van der Waals surface area (Å²) in [5.74, 6) is -0.227. The van der Waals surface area contributed by atoms with Gasteiger partial charge in [0.1, 0.15) is 0 Å². The molecule has 0 amide bonds. The second-order valence-electron chi connectivity index (χ2n) is 4.94. The maximum atomic E-state index is 11.4. The first kappa shape index (κ1) is 20.5. The lowest BCUT2D eigenvalue weighted by Crippen LogP contribution is -2.07. The second-order valence-corrected chi connectivity index (χ2v) is 5.67. The van der Waals surface area contributed by atoms with Gasteiger partial charge < -0.3 is 11.7 Å². The van der Waals surface area contributed by atoms with Crippen LogP contribution in [-0.2, 0) is 18.6 Å². The van der Waals surface area contributed by atoms with E-state index in [2.05, 4.69) is 11.4 Å². The molecule has 0 aromatic carbocycles. The van der Waals surface area contributed by atoms with E-state index in [-0.39, 0.29) is 19.2 Å². The largest absolute Gasteiger partial charge is 0.692 e. The van der Waals surface area contributed by atoms with Gasteiger partial charge in [-0.05, 0) is 19.6 Å². The summed E-state index contributed by atoms with van der Waals surface area (Å²) in [6.45, 7) is 3.95.